The number of rotatable bonds is 8. The summed E-state index contributed by atoms with van der Waals surface area (Å²) in [4.78, 5) is 5.23. The lowest BCUT2D eigenvalue weighted by atomic mass is 9.85. The SMILES string of the molecule is CC.CCCCN1CCC(CCC2CCN(c3ccc(OC)cc3)CC2)CC1. The normalized spacial score (nSPS) is 19.2. The zero-order chi connectivity index (χ0) is 20.2. The molecule has 0 aliphatic carbocycles. The first-order valence-corrected chi connectivity index (χ1v) is 11.9. The fourth-order valence-corrected chi connectivity index (χ4v) is 4.62. The average molecular weight is 389 g/mol. The van der Waals surface area contributed by atoms with Crippen molar-refractivity contribution < 1.29 is 4.74 Å². The molecule has 0 aromatic heterocycles. The van der Waals surface area contributed by atoms with Crippen LogP contribution in [0.2, 0.25) is 0 Å². The molecule has 2 aliphatic heterocycles. The Morgan fingerprint density at radius 3 is 1.89 bits per heavy atom. The summed E-state index contributed by atoms with van der Waals surface area (Å²) in [7, 11) is 1.73. The quantitative estimate of drug-likeness (QED) is 0.525. The molecule has 0 spiro atoms. The third-order valence-electron chi connectivity index (χ3n) is 6.57. The molecule has 28 heavy (non-hydrogen) atoms. The van der Waals surface area contributed by atoms with E-state index < -0.39 is 0 Å². The molecule has 0 N–H and O–H groups in total. The third kappa shape index (κ3) is 7.31. The first-order valence-electron chi connectivity index (χ1n) is 11.9. The van der Waals surface area contributed by atoms with Gasteiger partial charge in [-0.1, -0.05) is 40.0 Å². The zero-order valence-corrected chi connectivity index (χ0v) is 19.0. The van der Waals surface area contributed by atoms with Crippen molar-refractivity contribution in [2.45, 2.75) is 72.1 Å². The fraction of sp³-hybridized carbons (Fsp3) is 0.760. The summed E-state index contributed by atoms with van der Waals surface area (Å²) in [5.41, 5.74) is 1.35. The number of hydrogen-bond acceptors (Lipinski definition) is 3. The monoisotopic (exact) mass is 388 g/mol. The van der Waals surface area contributed by atoms with Crippen LogP contribution in [0.25, 0.3) is 0 Å². The predicted molar refractivity (Wildman–Crippen MR) is 123 cm³/mol. The van der Waals surface area contributed by atoms with Crippen molar-refractivity contribution in [3.63, 3.8) is 0 Å². The Hall–Kier alpha value is -1.22. The topological polar surface area (TPSA) is 15.7 Å². The van der Waals surface area contributed by atoms with Gasteiger partial charge in [-0.2, -0.15) is 0 Å². The number of nitrogens with zero attached hydrogens (tertiary/aromatic N) is 2. The highest BCUT2D eigenvalue weighted by Crippen LogP contribution is 2.30. The third-order valence-corrected chi connectivity index (χ3v) is 6.57. The number of benzene rings is 1. The van der Waals surface area contributed by atoms with Gasteiger partial charge in [0.25, 0.3) is 0 Å². The van der Waals surface area contributed by atoms with Crippen LogP contribution in [-0.4, -0.2) is 44.7 Å². The number of methoxy groups -OCH3 is 1. The van der Waals surface area contributed by atoms with Gasteiger partial charge in [-0.15, -0.1) is 0 Å². The Morgan fingerprint density at radius 1 is 0.857 bits per heavy atom. The minimum Gasteiger partial charge on any atom is -0.497 e. The van der Waals surface area contributed by atoms with Gasteiger partial charge < -0.3 is 14.5 Å². The van der Waals surface area contributed by atoms with Gasteiger partial charge in [-0.25, -0.2) is 0 Å². The highest BCUT2D eigenvalue weighted by Gasteiger charge is 2.23. The smallest absolute Gasteiger partial charge is 0.119 e. The number of ether oxygens (including phenoxy) is 1. The summed E-state index contributed by atoms with van der Waals surface area (Å²) in [6, 6.07) is 8.56. The Kier molecular flexibility index (Phi) is 10.8. The Balaban J connectivity index is 0.00000136. The average Bonchev–Trinajstić information content (AvgIpc) is 2.79. The summed E-state index contributed by atoms with van der Waals surface area (Å²) >= 11 is 0. The molecule has 0 bridgehead atoms. The zero-order valence-electron chi connectivity index (χ0n) is 19.0. The summed E-state index contributed by atoms with van der Waals surface area (Å²) < 4.78 is 5.27. The van der Waals surface area contributed by atoms with Gasteiger partial charge in [0.1, 0.15) is 5.75 Å². The van der Waals surface area contributed by atoms with E-state index >= 15 is 0 Å². The summed E-state index contributed by atoms with van der Waals surface area (Å²) in [5.74, 6) is 2.89. The maximum atomic E-state index is 5.27. The Morgan fingerprint density at radius 2 is 1.39 bits per heavy atom. The molecule has 1 aromatic rings. The highest BCUT2D eigenvalue weighted by atomic mass is 16.5. The Bertz CT molecular complexity index is 500. The molecule has 3 rings (SSSR count). The van der Waals surface area contributed by atoms with E-state index in [1.807, 2.05) is 13.8 Å². The molecule has 0 amide bonds. The van der Waals surface area contributed by atoms with Gasteiger partial charge in [0.05, 0.1) is 7.11 Å². The molecular formula is C25H44N2O. The molecule has 0 atom stereocenters. The number of unbranched alkanes of at least 4 members (excludes halogenated alkanes) is 1. The predicted octanol–water partition coefficient (Wildman–Crippen LogP) is 6.23. The largest absolute Gasteiger partial charge is 0.497 e. The van der Waals surface area contributed by atoms with Crippen molar-refractivity contribution >= 4 is 5.69 Å². The van der Waals surface area contributed by atoms with Crippen molar-refractivity contribution in [3.05, 3.63) is 24.3 Å². The minimum atomic E-state index is 0.947. The summed E-state index contributed by atoms with van der Waals surface area (Å²) in [6.45, 7) is 12.7. The lowest BCUT2D eigenvalue weighted by molar-refractivity contribution is 0.170. The van der Waals surface area contributed by atoms with E-state index in [1.165, 1.54) is 89.8 Å². The number of piperidine rings is 2. The molecule has 3 nitrogen and oxygen atoms in total. The number of likely N-dealkylation sites (tertiary alicyclic amines) is 1. The van der Waals surface area contributed by atoms with Crippen LogP contribution in [-0.2, 0) is 0 Å². The molecule has 0 unspecified atom stereocenters. The van der Waals surface area contributed by atoms with Gasteiger partial charge in [0.15, 0.2) is 0 Å². The van der Waals surface area contributed by atoms with Crippen LogP contribution < -0.4 is 9.64 Å². The van der Waals surface area contributed by atoms with E-state index in [9.17, 15) is 0 Å². The van der Waals surface area contributed by atoms with E-state index in [4.69, 9.17) is 4.74 Å². The second-order valence-corrected chi connectivity index (χ2v) is 8.34. The molecular weight excluding hydrogens is 344 g/mol. The molecule has 2 aliphatic rings. The van der Waals surface area contributed by atoms with E-state index in [0.717, 1.165) is 17.6 Å². The van der Waals surface area contributed by atoms with Crippen molar-refractivity contribution in [1.29, 1.82) is 0 Å². The number of hydrogen-bond donors (Lipinski definition) is 0. The highest BCUT2D eigenvalue weighted by molar-refractivity contribution is 5.49. The molecule has 1 aromatic carbocycles. The standard InChI is InChI=1S/C23H38N2O.C2H6/c1-3-4-15-24-16-11-20(12-17-24)5-6-21-13-18-25(19-14-21)22-7-9-23(26-2)10-8-22;1-2/h7-10,20-21H,3-6,11-19H2,1-2H3;1-2H3. The second-order valence-electron chi connectivity index (χ2n) is 8.34. The van der Waals surface area contributed by atoms with Crippen molar-refractivity contribution in [3.8, 4) is 5.75 Å². The molecule has 0 radical (unpaired) electrons. The van der Waals surface area contributed by atoms with E-state index in [1.54, 1.807) is 7.11 Å². The van der Waals surface area contributed by atoms with Crippen LogP contribution in [0.5, 0.6) is 5.75 Å². The van der Waals surface area contributed by atoms with Crippen LogP contribution >= 0.6 is 0 Å². The van der Waals surface area contributed by atoms with Crippen LogP contribution in [0, 0.1) is 11.8 Å². The first-order chi connectivity index (χ1) is 13.8. The molecule has 2 heterocycles. The Labute approximate surface area is 174 Å². The van der Waals surface area contributed by atoms with Gasteiger partial charge in [0.2, 0.25) is 0 Å². The molecule has 3 heteroatoms. The van der Waals surface area contributed by atoms with Gasteiger partial charge >= 0.3 is 0 Å². The summed E-state index contributed by atoms with van der Waals surface area (Å²) in [6.07, 6.45) is 11.2. The van der Waals surface area contributed by atoms with E-state index in [2.05, 4.69) is 41.0 Å². The first kappa shape index (κ1) is 23.1. The lowest BCUT2D eigenvalue weighted by Crippen LogP contribution is -2.35. The van der Waals surface area contributed by atoms with E-state index in [-0.39, 0.29) is 0 Å². The fourth-order valence-electron chi connectivity index (χ4n) is 4.62. The van der Waals surface area contributed by atoms with Crippen molar-refractivity contribution in [2.75, 3.05) is 44.7 Å². The van der Waals surface area contributed by atoms with Crippen molar-refractivity contribution in [2.24, 2.45) is 11.8 Å². The van der Waals surface area contributed by atoms with Crippen molar-refractivity contribution in [1.82, 2.24) is 4.90 Å². The second kappa shape index (κ2) is 13.1. The van der Waals surface area contributed by atoms with Crippen LogP contribution in [0.1, 0.15) is 72.1 Å². The molecule has 160 valence electrons. The molecule has 2 fully saturated rings. The number of anilines is 1. The van der Waals surface area contributed by atoms with Gasteiger partial charge in [0, 0.05) is 18.8 Å². The molecule has 0 saturated carbocycles. The van der Waals surface area contributed by atoms with E-state index in [0.29, 0.717) is 0 Å². The van der Waals surface area contributed by atoms with Crippen LogP contribution in [0.3, 0.4) is 0 Å². The molecule has 2 saturated heterocycles. The van der Waals surface area contributed by atoms with Gasteiger partial charge in [-0.3, -0.25) is 0 Å². The summed E-state index contributed by atoms with van der Waals surface area (Å²) in [5, 5.41) is 0. The van der Waals surface area contributed by atoms with Gasteiger partial charge in [-0.05, 0) is 87.8 Å². The van der Waals surface area contributed by atoms with Crippen LogP contribution in [0.15, 0.2) is 24.3 Å². The lowest BCUT2D eigenvalue weighted by Gasteiger charge is -2.35. The maximum absolute atomic E-state index is 5.27. The van der Waals surface area contributed by atoms with Crippen LogP contribution in [0.4, 0.5) is 5.69 Å². The maximum Gasteiger partial charge on any atom is 0.119 e. The minimum absolute atomic E-state index is 0.947.